The number of amides is 1. The average molecular weight is 604 g/mol. The van der Waals surface area contributed by atoms with Crippen molar-refractivity contribution in [3.8, 4) is 11.1 Å². The van der Waals surface area contributed by atoms with E-state index in [0.717, 1.165) is 45.2 Å². The number of aromatic nitrogens is 2. The fourth-order valence-electron chi connectivity index (χ4n) is 6.79. The minimum absolute atomic E-state index is 0.0642. The van der Waals surface area contributed by atoms with E-state index in [-0.39, 0.29) is 18.9 Å². The number of imidazole rings is 1. The normalized spacial score (nSPS) is 13.0. The van der Waals surface area contributed by atoms with Crippen LogP contribution in [0.25, 0.3) is 11.1 Å². The molecule has 1 aromatic heterocycles. The van der Waals surface area contributed by atoms with Crippen LogP contribution in [0.2, 0.25) is 0 Å². The van der Waals surface area contributed by atoms with Crippen LogP contribution in [0.4, 0.5) is 4.79 Å². The minimum Gasteiger partial charge on any atom is -0.449 e. The zero-order chi connectivity index (χ0) is 31.3. The SMILES string of the molecule is O=C[C@@H](Cc1cn(C(c2ccccc2)(c2ccccc2)c2ccccc2)cn1)NC(=O)OCC1c2ccccc2-c2ccccc21. The Morgan fingerprint density at radius 2 is 1.22 bits per heavy atom. The average Bonchev–Trinajstić information content (AvgIpc) is 3.71. The summed E-state index contributed by atoms with van der Waals surface area (Å²) in [4.78, 5) is 29.9. The standard InChI is InChI=1S/C40H33N3O3/c44-26-33(42-39(45)46-27-38-36-22-12-10-20-34(36)35-21-11-13-23-37(35)38)24-32-25-43(28-41-32)40(29-14-4-1-5-15-29,30-16-6-2-7-17-30)31-18-8-3-9-19-31/h1-23,25-26,28,33,38H,24,27H2,(H,42,45)/t33-/m1/s1. The minimum atomic E-state index is -0.807. The first-order valence-electron chi connectivity index (χ1n) is 15.4. The number of nitrogens with zero attached hydrogens (tertiary/aromatic N) is 2. The molecule has 0 fully saturated rings. The van der Waals surface area contributed by atoms with Gasteiger partial charge >= 0.3 is 6.09 Å². The van der Waals surface area contributed by atoms with Crippen molar-refractivity contribution in [2.24, 2.45) is 0 Å². The lowest BCUT2D eigenvalue weighted by Crippen LogP contribution is -2.38. The molecule has 0 unspecified atom stereocenters. The first-order chi connectivity index (χ1) is 22.7. The molecule has 0 saturated heterocycles. The molecule has 0 aliphatic heterocycles. The van der Waals surface area contributed by atoms with E-state index >= 15 is 0 Å². The van der Waals surface area contributed by atoms with Gasteiger partial charge in [-0.25, -0.2) is 9.78 Å². The van der Waals surface area contributed by atoms with E-state index in [4.69, 9.17) is 9.72 Å². The summed E-state index contributed by atoms with van der Waals surface area (Å²) in [7, 11) is 0. The number of aldehydes is 1. The Hall–Kier alpha value is -5.75. The Morgan fingerprint density at radius 3 is 1.72 bits per heavy atom. The molecule has 226 valence electrons. The van der Waals surface area contributed by atoms with Gasteiger partial charge in [-0.05, 0) is 38.9 Å². The first-order valence-corrected chi connectivity index (χ1v) is 15.4. The summed E-state index contributed by atoms with van der Waals surface area (Å²) in [6.45, 7) is 0.174. The van der Waals surface area contributed by atoms with Crippen molar-refractivity contribution < 1.29 is 14.3 Å². The molecular formula is C40H33N3O3. The van der Waals surface area contributed by atoms with Crippen molar-refractivity contribution in [2.75, 3.05) is 6.61 Å². The van der Waals surface area contributed by atoms with Crippen LogP contribution in [0, 0.1) is 0 Å². The molecular weight excluding hydrogens is 570 g/mol. The smallest absolute Gasteiger partial charge is 0.407 e. The highest BCUT2D eigenvalue weighted by Crippen LogP contribution is 2.44. The second-order valence-electron chi connectivity index (χ2n) is 11.5. The van der Waals surface area contributed by atoms with Gasteiger partial charge in [0.25, 0.3) is 0 Å². The summed E-state index contributed by atoms with van der Waals surface area (Å²) in [6.07, 6.45) is 4.08. The van der Waals surface area contributed by atoms with Crippen LogP contribution in [0.3, 0.4) is 0 Å². The Kier molecular flexibility index (Phi) is 8.00. The fraction of sp³-hybridized carbons (Fsp3) is 0.125. The summed E-state index contributed by atoms with van der Waals surface area (Å²) in [5.41, 5.74) is 7.74. The van der Waals surface area contributed by atoms with E-state index in [2.05, 4.69) is 70.5 Å². The Balaban J connectivity index is 1.12. The van der Waals surface area contributed by atoms with Crippen LogP contribution >= 0.6 is 0 Å². The van der Waals surface area contributed by atoms with E-state index < -0.39 is 17.7 Å². The first kappa shape index (κ1) is 29.0. The van der Waals surface area contributed by atoms with Gasteiger partial charge in [-0.2, -0.15) is 0 Å². The van der Waals surface area contributed by atoms with Gasteiger partial charge in [0, 0.05) is 18.5 Å². The third-order valence-electron chi connectivity index (χ3n) is 8.84. The summed E-state index contributed by atoms with van der Waals surface area (Å²) >= 11 is 0. The summed E-state index contributed by atoms with van der Waals surface area (Å²) in [6, 6.07) is 46.5. The zero-order valence-corrected chi connectivity index (χ0v) is 25.2. The fourth-order valence-corrected chi connectivity index (χ4v) is 6.79. The van der Waals surface area contributed by atoms with E-state index in [1.54, 1.807) is 6.33 Å². The number of ether oxygens (including phenoxy) is 1. The van der Waals surface area contributed by atoms with Crippen molar-refractivity contribution >= 4 is 12.4 Å². The second kappa shape index (κ2) is 12.7. The number of nitrogens with one attached hydrogen (secondary N) is 1. The number of benzene rings is 5. The molecule has 6 heteroatoms. The third kappa shape index (κ3) is 5.28. The molecule has 0 saturated carbocycles. The quantitative estimate of drug-likeness (QED) is 0.131. The lowest BCUT2D eigenvalue weighted by molar-refractivity contribution is -0.109. The molecule has 46 heavy (non-hydrogen) atoms. The molecule has 6 nitrogen and oxygen atoms in total. The third-order valence-corrected chi connectivity index (χ3v) is 8.84. The lowest BCUT2D eigenvalue weighted by atomic mass is 9.77. The molecule has 0 bridgehead atoms. The Morgan fingerprint density at radius 1 is 0.739 bits per heavy atom. The number of alkyl carbamates (subject to hydrolysis) is 1. The predicted octanol–water partition coefficient (Wildman–Crippen LogP) is 7.37. The van der Waals surface area contributed by atoms with Gasteiger partial charge in [-0.1, -0.05) is 140 Å². The lowest BCUT2D eigenvalue weighted by Gasteiger charge is -2.37. The monoisotopic (exact) mass is 603 g/mol. The Bertz CT molecular complexity index is 1810. The zero-order valence-electron chi connectivity index (χ0n) is 25.2. The largest absolute Gasteiger partial charge is 0.449 e. The number of hydrogen-bond acceptors (Lipinski definition) is 4. The van der Waals surface area contributed by atoms with Crippen LogP contribution in [-0.2, 0) is 21.5 Å². The molecule has 7 rings (SSSR count). The molecule has 1 amide bonds. The van der Waals surface area contributed by atoms with Crippen molar-refractivity contribution in [3.63, 3.8) is 0 Å². The maximum Gasteiger partial charge on any atom is 0.407 e. The maximum absolute atomic E-state index is 13.0. The van der Waals surface area contributed by atoms with Crippen LogP contribution in [0.15, 0.2) is 152 Å². The number of carbonyl (C=O) groups excluding carboxylic acids is 2. The maximum atomic E-state index is 13.0. The summed E-state index contributed by atoms with van der Waals surface area (Å²) in [5.74, 6) is -0.0642. The molecule has 0 spiro atoms. The predicted molar refractivity (Wildman–Crippen MR) is 179 cm³/mol. The second-order valence-corrected chi connectivity index (χ2v) is 11.5. The topological polar surface area (TPSA) is 73.2 Å². The van der Waals surface area contributed by atoms with Gasteiger partial charge in [-0.3, -0.25) is 0 Å². The van der Waals surface area contributed by atoms with Crippen LogP contribution in [0.1, 0.15) is 39.4 Å². The number of hydrogen-bond donors (Lipinski definition) is 1. The molecule has 1 N–H and O–H groups in total. The summed E-state index contributed by atoms with van der Waals surface area (Å²) < 4.78 is 7.80. The molecule has 5 aromatic carbocycles. The van der Waals surface area contributed by atoms with E-state index in [1.165, 1.54) is 0 Å². The number of fused-ring (bicyclic) bond motifs is 3. The van der Waals surface area contributed by atoms with Gasteiger partial charge in [0.05, 0.1) is 18.1 Å². The molecule has 1 aliphatic rings. The van der Waals surface area contributed by atoms with Gasteiger partial charge in [0.15, 0.2) is 0 Å². The van der Waals surface area contributed by atoms with Crippen LogP contribution in [-0.4, -0.2) is 34.6 Å². The van der Waals surface area contributed by atoms with Gasteiger partial charge in [0.1, 0.15) is 18.4 Å². The highest BCUT2D eigenvalue weighted by molar-refractivity contribution is 5.79. The highest BCUT2D eigenvalue weighted by atomic mass is 16.5. The molecule has 6 aromatic rings. The van der Waals surface area contributed by atoms with E-state index in [0.29, 0.717) is 5.69 Å². The van der Waals surface area contributed by atoms with Crippen LogP contribution < -0.4 is 5.32 Å². The number of carbonyl (C=O) groups is 2. The van der Waals surface area contributed by atoms with Crippen molar-refractivity contribution in [1.82, 2.24) is 14.9 Å². The molecule has 1 atom stereocenters. The van der Waals surface area contributed by atoms with Crippen molar-refractivity contribution in [1.29, 1.82) is 0 Å². The molecule has 1 aliphatic carbocycles. The van der Waals surface area contributed by atoms with E-state index in [1.807, 2.05) is 85.1 Å². The van der Waals surface area contributed by atoms with Crippen molar-refractivity contribution in [2.45, 2.75) is 23.9 Å². The molecule has 0 radical (unpaired) electrons. The van der Waals surface area contributed by atoms with Gasteiger partial charge < -0.3 is 19.4 Å². The van der Waals surface area contributed by atoms with Crippen molar-refractivity contribution in [3.05, 3.63) is 186 Å². The number of rotatable bonds is 10. The van der Waals surface area contributed by atoms with Crippen LogP contribution in [0.5, 0.6) is 0 Å². The van der Waals surface area contributed by atoms with Gasteiger partial charge in [0.2, 0.25) is 0 Å². The Labute approximate surface area is 268 Å². The van der Waals surface area contributed by atoms with E-state index in [9.17, 15) is 9.59 Å². The highest BCUT2D eigenvalue weighted by Gasteiger charge is 2.38. The van der Waals surface area contributed by atoms with Gasteiger partial charge in [-0.15, -0.1) is 0 Å². The molecule has 1 heterocycles. The summed E-state index contributed by atoms with van der Waals surface area (Å²) in [5, 5.41) is 2.75.